The molecular formula is C15H27N3. The van der Waals surface area contributed by atoms with Crippen LogP contribution in [0.3, 0.4) is 0 Å². The lowest BCUT2D eigenvalue weighted by Gasteiger charge is -2.26. The molecule has 0 aliphatic heterocycles. The molecule has 2 rings (SSSR count). The maximum atomic E-state index is 4.48. The van der Waals surface area contributed by atoms with E-state index >= 15 is 0 Å². The number of nitrogens with zero attached hydrogens (tertiary/aromatic N) is 2. The van der Waals surface area contributed by atoms with Crippen LogP contribution in [0.1, 0.15) is 58.1 Å². The molecule has 18 heavy (non-hydrogen) atoms. The number of aromatic nitrogens is 2. The average molecular weight is 249 g/mol. The van der Waals surface area contributed by atoms with Crippen LogP contribution in [0.2, 0.25) is 0 Å². The van der Waals surface area contributed by atoms with E-state index in [1.54, 1.807) is 0 Å². The van der Waals surface area contributed by atoms with Gasteiger partial charge in [0.2, 0.25) is 0 Å². The fraction of sp³-hybridized carbons (Fsp3) is 0.800. The van der Waals surface area contributed by atoms with Crippen LogP contribution < -0.4 is 5.32 Å². The molecule has 0 saturated heterocycles. The quantitative estimate of drug-likeness (QED) is 0.837. The molecule has 1 N–H and O–H groups in total. The molecule has 0 spiro atoms. The van der Waals surface area contributed by atoms with Crippen LogP contribution in [0.5, 0.6) is 0 Å². The lowest BCUT2D eigenvalue weighted by atomic mass is 9.87. The summed E-state index contributed by atoms with van der Waals surface area (Å²) in [5.74, 6) is 1.62. The predicted molar refractivity (Wildman–Crippen MR) is 75.4 cm³/mol. The summed E-state index contributed by atoms with van der Waals surface area (Å²) in [5, 5.41) is 8.16. The predicted octanol–water partition coefficient (Wildman–Crippen LogP) is 3.38. The molecule has 0 amide bonds. The maximum Gasteiger partial charge on any atom is 0.0537 e. The maximum absolute atomic E-state index is 4.48. The van der Waals surface area contributed by atoms with E-state index in [4.69, 9.17) is 0 Å². The number of aryl methyl sites for hydroxylation is 1. The molecule has 0 bridgehead atoms. The second-order valence-corrected chi connectivity index (χ2v) is 5.64. The van der Waals surface area contributed by atoms with Crippen molar-refractivity contribution in [2.45, 2.75) is 59.0 Å². The Labute approximate surface area is 111 Å². The monoisotopic (exact) mass is 249 g/mol. The summed E-state index contributed by atoms with van der Waals surface area (Å²) < 4.78 is 2.08. The fourth-order valence-electron chi connectivity index (χ4n) is 3.30. The zero-order chi connectivity index (χ0) is 13.0. The van der Waals surface area contributed by atoms with Crippen LogP contribution in [0, 0.1) is 11.8 Å². The zero-order valence-electron chi connectivity index (χ0n) is 12.0. The van der Waals surface area contributed by atoms with Gasteiger partial charge in [0.1, 0.15) is 0 Å². The SMILES string of the molecule is CCCn1cc(C(NCC)C2CCCC2C)cn1. The first kappa shape index (κ1) is 13.6. The van der Waals surface area contributed by atoms with Gasteiger partial charge in [0.05, 0.1) is 6.20 Å². The Hall–Kier alpha value is -0.830. The normalized spacial score (nSPS) is 25.5. The molecule has 1 fully saturated rings. The highest BCUT2D eigenvalue weighted by molar-refractivity contribution is 5.13. The second kappa shape index (κ2) is 6.37. The Morgan fingerprint density at radius 1 is 1.44 bits per heavy atom. The summed E-state index contributed by atoms with van der Waals surface area (Å²) in [6.07, 6.45) is 9.58. The van der Waals surface area contributed by atoms with Gasteiger partial charge in [-0.1, -0.05) is 33.6 Å². The molecule has 1 aromatic heterocycles. The summed E-state index contributed by atoms with van der Waals surface area (Å²) in [7, 11) is 0. The topological polar surface area (TPSA) is 29.9 Å². The van der Waals surface area contributed by atoms with E-state index in [0.717, 1.165) is 31.3 Å². The average Bonchev–Trinajstić information content (AvgIpc) is 2.96. The zero-order valence-corrected chi connectivity index (χ0v) is 12.0. The molecule has 3 heteroatoms. The van der Waals surface area contributed by atoms with Crippen LogP contribution in [0.4, 0.5) is 0 Å². The molecule has 3 nitrogen and oxygen atoms in total. The third-order valence-electron chi connectivity index (χ3n) is 4.25. The van der Waals surface area contributed by atoms with Crippen molar-refractivity contribution in [1.29, 1.82) is 0 Å². The van der Waals surface area contributed by atoms with E-state index in [-0.39, 0.29) is 0 Å². The summed E-state index contributed by atoms with van der Waals surface area (Å²) >= 11 is 0. The Balaban J connectivity index is 2.12. The highest BCUT2D eigenvalue weighted by atomic mass is 15.3. The molecule has 1 aromatic rings. The number of hydrogen-bond donors (Lipinski definition) is 1. The van der Waals surface area contributed by atoms with Crippen molar-refractivity contribution in [2.24, 2.45) is 11.8 Å². The molecule has 1 saturated carbocycles. The molecule has 3 atom stereocenters. The van der Waals surface area contributed by atoms with Crippen molar-refractivity contribution in [3.63, 3.8) is 0 Å². The van der Waals surface area contributed by atoms with Gasteiger partial charge in [-0.15, -0.1) is 0 Å². The minimum Gasteiger partial charge on any atom is -0.310 e. The molecule has 1 aliphatic rings. The fourth-order valence-corrected chi connectivity index (χ4v) is 3.30. The van der Waals surface area contributed by atoms with Gasteiger partial charge in [-0.2, -0.15) is 5.10 Å². The van der Waals surface area contributed by atoms with Gasteiger partial charge < -0.3 is 5.32 Å². The first-order chi connectivity index (χ1) is 8.76. The van der Waals surface area contributed by atoms with E-state index in [9.17, 15) is 0 Å². The van der Waals surface area contributed by atoms with Crippen LogP contribution in [0.15, 0.2) is 12.4 Å². The molecule has 0 radical (unpaired) electrons. The van der Waals surface area contributed by atoms with Crippen LogP contribution in [-0.4, -0.2) is 16.3 Å². The number of hydrogen-bond acceptors (Lipinski definition) is 2. The lowest BCUT2D eigenvalue weighted by Crippen LogP contribution is -2.29. The van der Waals surface area contributed by atoms with Crippen molar-refractivity contribution in [1.82, 2.24) is 15.1 Å². The third kappa shape index (κ3) is 2.94. The van der Waals surface area contributed by atoms with Crippen molar-refractivity contribution in [3.05, 3.63) is 18.0 Å². The first-order valence-electron chi connectivity index (χ1n) is 7.52. The van der Waals surface area contributed by atoms with Gasteiger partial charge in [0, 0.05) is 24.3 Å². The Morgan fingerprint density at radius 3 is 2.89 bits per heavy atom. The standard InChI is InChI=1S/C15H27N3/c1-4-9-18-11-13(10-17-18)15(16-5-2)14-8-6-7-12(14)3/h10-12,14-16H,4-9H2,1-3H3. The molecule has 1 aliphatic carbocycles. The van der Waals surface area contributed by atoms with Crippen molar-refractivity contribution < 1.29 is 0 Å². The molecule has 102 valence electrons. The highest BCUT2D eigenvalue weighted by Crippen LogP contribution is 2.39. The Kier molecular flexibility index (Phi) is 4.81. The van der Waals surface area contributed by atoms with Crippen LogP contribution in [-0.2, 0) is 6.54 Å². The smallest absolute Gasteiger partial charge is 0.0537 e. The van der Waals surface area contributed by atoms with E-state index in [1.807, 2.05) is 0 Å². The lowest BCUT2D eigenvalue weighted by molar-refractivity contribution is 0.305. The molecular weight excluding hydrogens is 222 g/mol. The van der Waals surface area contributed by atoms with Gasteiger partial charge in [-0.05, 0) is 31.2 Å². The minimum atomic E-state index is 0.498. The van der Waals surface area contributed by atoms with Crippen molar-refractivity contribution >= 4 is 0 Å². The van der Waals surface area contributed by atoms with Gasteiger partial charge in [-0.3, -0.25) is 4.68 Å². The van der Waals surface area contributed by atoms with Crippen molar-refractivity contribution in [3.8, 4) is 0 Å². The van der Waals surface area contributed by atoms with Gasteiger partial charge in [-0.25, -0.2) is 0 Å². The molecule has 1 heterocycles. The summed E-state index contributed by atoms with van der Waals surface area (Å²) in [6.45, 7) is 8.86. The summed E-state index contributed by atoms with van der Waals surface area (Å²) in [6, 6.07) is 0.498. The number of nitrogens with one attached hydrogen (secondary N) is 1. The summed E-state index contributed by atoms with van der Waals surface area (Å²) in [4.78, 5) is 0. The van der Waals surface area contributed by atoms with Gasteiger partial charge >= 0.3 is 0 Å². The van der Waals surface area contributed by atoms with E-state index < -0.39 is 0 Å². The second-order valence-electron chi connectivity index (χ2n) is 5.64. The van der Waals surface area contributed by atoms with Crippen molar-refractivity contribution in [2.75, 3.05) is 6.54 Å². The highest BCUT2D eigenvalue weighted by Gasteiger charge is 2.31. The van der Waals surface area contributed by atoms with Gasteiger partial charge in [0.15, 0.2) is 0 Å². The molecule has 3 unspecified atom stereocenters. The van der Waals surface area contributed by atoms with Crippen LogP contribution in [0.25, 0.3) is 0 Å². The van der Waals surface area contributed by atoms with E-state index in [2.05, 4.69) is 48.3 Å². The van der Waals surface area contributed by atoms with E-state index in [0.29, 0.717) is 6.04 Å². The first-order valence-corrected chi connectivity index (χ1v) is 7.52. The Bertz CT molecular complexity index is 358. The Morgan fingerprint density at radius 2 is 2.28 bits per heavy atom. The molecule has 0 aromatic carbocycles. The van der Waals surface area contributed by atoms with Crippen LogP contribution >= 0.6 is 0 Å². The number of rotatable bonds is 6. The van der Waals surface area contributed by atoms with E-state index in [1.165, 1.54) is 24.8 Å². The minimum absolute atomic E-state index is 0.498. The third-order valence-corrected chi connectivity index (χ3v) is 4.25. The van der Waals surface area contributed by atoms with Gasteiger partial charge in [0.25, 0.3) is 0 Å². The summed E-state index contributed by atoms with van der Waals surface area (Å²) in [5.41, 5.74) is 1.38. The largest absolute Gasteiger partial charge is 0.310 e.